The lowest BCUT2D eigenvalue weighted by molar-refractivity contribution is 0.0951. The number of rotatable bonds is 6. The predicted octanol–water partition coefficient (Wildman–Crippen LogP) is 2.93. The van der Waals surface area contributed by atoms with E-state index in [0.717, 1.165) is 12.0 Å². The summed E-state index contributed by atoms with van der Waals surface area (Å²) >= 11 is 0. The Morgan fingerprint density at radius 2 is 1.92 bits per heavy atom. The summed E-state index contributed by atoms with van der Waals surface area (Å²) in [5, 5.41) is 3.01. The molecule has 26 heavy (non-hydrogen) atoms. The lowest BCUT2D eigenvalue weighted by atomic mass is 9.96. The SMILES string of the molecule is CCC(CNC(=O)c1ccc2c(c1)CCN2S(C)(=O)=O)c1ccccc1. The molecule has 2 aromatic rings. The molecule has 0 fully saturated rings. The molecule has 0 radical (unpaired) electrons. The van der Waals surface area contributed by atoms with Crippen molar-refractivity contribution in [3.63, 3.8) is 0 Å². The second kappa shape index (κ2) is 7.50. The van der Waals surface area contributed by atoms with Crippen LogP contribution in [0.3, 0.4) is 0 Å². The van der Waals surface area contributed by atoms with E-state index >= 15 is 0 Å². The Hall–Kier alpha value is -2.34. The second-order valence-corrected chi connectivity index (χ2v) is 8.56. The van der Waals surface area contributed by atoms with Crippen molar-refractivity contribution in [2.45, 2.75) is 25.7 Å². The van der Waals surface area contributed by atoms with Gasteiger partial charge in [-0.1, -0.05) is 37.3 Å². The highest BCUT2D eigenvalue weighted by Crippen LogP contribution is 2.30. The number of carbonyl (C=O) groups is 1. The molecule has 0 aromatic heterocycles. The first-order valence-electron chi connectivity index (χ1n) is 8.84. The Morgan fingerprint density at radius 1 is 1.19 bits per heavy atom. The molecular formula is C20H24N2O3S. The van der Waals surface area contributed by atoms with Crippen LogP contribution in [0.15, 0.2) is 48.5 Å². The molecular weight excluding hydrogens is 348 g/mol. The topological polar surface area (TPSA) is 66.5 Å². The van der Waals surface area contributed by atoms with Gasteiger partial charge in [-0.05, 0) is 42.2 Å². The first kappa shape index (κ1) is 18.5. The van der Waals surface area contributed by atoms with E-state index in [2.05, 4.69) is 24.4 Å². The fraction of sp³-hybridized carbons (Fsp3) is 0.350. The van der Waals surface area contributed by atoms with Gasteiger partial charge >= 0.3 is 0 Å². The maximum atomic E-state index is 12.5. The fourth-order valence-corrected chi connectivity index (χ4v) is 4.36. The Labute approximate surface area is 155 Å². The van der Waals surface area contributed by atoms with Crippen LogP contribution in [0.1, 0.15) is 40.7 Å². The number of anilines is 1. The van der Waals surface area contributed by atoms with Crippen LogP contribution < -0.4 is 9.62 Å². The van der Waals surface area contributed by atoms with Gasteiger partial charge in [0.05, 0.1) is 11.9 Å². The largest absolute Gasteiger partial charge is 0.351 e. The monoisotopic (exact) mass is 372 g/mol. The number of hydrogen-bond acceptors (Lipinski definition) is 3. The van der Waals surface area contributed by atoms with Gasteiger partial charge in [0, 0.05) is 24.6 Å². The van der Waals surface area contributed by atoms with Crippen molar-refractivity contribution in [1.29, 1.82) is 0 Å². The van der Waals surface area contributed by atoms with Crippen LogP contribution in [0.5, 0.6) is 0 Å². The number of sulfonamides is 1. The van der Waals surface area contributed by atoms with Crippen LogP contribution >= 0.6 is 0 Å². The molecule has 0 spiro atoms. The van der Waals surface area contributed by atoms with Gasteiger partial charge in [0.1, 0.15) is 0 Å². The van der Waals surface area contributed by atoms with Gasteiger partial charge in [0.15, 0.2) is 0 Å². The summed E-state index contributed by atoms with van der Waals surface area (Å²) in [5.41, 5.74) is 3.37. The number of benzene rings is 2. The number of amides is 1. The van der Waals surface area contributed by atoms with E-state index in [4.69, 9.17) is 0 Å². The van der Waals surface area contributed by atoms with Gasteiger partial charge in [-0.2, -0.15) is 0 Å². The van der Waals surface area contributed by atoms with E-state index < -0.39 is 10.0 Å². The zero-order valence-corrected chi connectivity index (χ0v) is 15.9. The van der Waals surface area contributed by atoms with Crippen LogP contribution in [0, 0.1) is 0 Å². The first-order chi connectivity index (χ1) is 12.4. The lowest BCUT2D eigenvalue weighted by Crippen LogP contribution is -2.28. The molecule has 1 aliphatic rings. The zero-order valence-electron chi connectivity index (χ0n) is 15.1. The molecule has 5 nitrogen and oxygen atoms in total. The molecule has 138 valence electrons. The molecule has 2 aromatic carbocycles. The molecule has 6 heteroatoms. The van der Waals surface area contributed by atoms with E-state index in [1.54, 1.807) is 18.2 Å². The van der Waals surface area contributed by atoms with Crippen LogP contribution in [-0.2, 0) is 16.4 Å². The number of carbonyl (C=O) groups excluding carboxylic acids is 1. The lowest BCUT2D eigenvalue weighted by Gasteiger charge is -2.17. The number of nitrogens with one attached hydrogen (secondary N) is 1. The third kappa shape index (κ3) is 3.90. The van der Waals surface area contributed by atoms with Gasteiger partial charge in [0.25, 0.3) is 5.91 Å². The van der Waals surface area contributed by atoms with E-state index in [-0.39, 0.29) is 11.8 Å². The van der Waals surface area contributed by atoms with Crippen molar-refractivity contribution in [3.05, 3.63) is 65.2 Å². The van der Waals surface area contributed by atoms with E-state index in [0.29, 0.717) is 30.8 Å². The van der Waals surface area contributed by atoms with Crippen molar-refractivity contribution in [2.24, 2.45) is 0 Å². The highest BCUT2D eigenvalue weighted by atomic mass is 32.2. The Kier molecular flexibility index (Phi) is 5.32. The standard InChI is InChI=1S/C20H24N2O3S/c1-3-15(16-7-5-4-6-8-16)14-21-20(23)18-9-10-19-17(13-18)11-12-22(19)26(2,24)25/h4-10,13,15H,3,11-12,14H2,1-2H3,(H,21,23). The van der Waals surface area contributed by atoms with Crippen LogP contribution in [0.4, 0.5) is 5.69 Å². The summed E-state index contributed by atoms with van der Waals surface area (Å²) in [7, 11) is -3.27. The van der Waals surface area contributed by atoms with Crippen molar-refractivity contribution in [3.8, 4) is 0 Å². The number of fused-ring (bicyclic) bond motifs is 1. The van der Waals surface area contributed by atoms with Crippen molar-refractivity contribution >= 4 is 21.6 Å². The maximum Gasteiger partial charge on any atom is 0.251 e. The highest BCUT2D eigenvalue weighted by Gasteiger charge is 2.26. The first-order valence-corrected chi connectivity index (χ1v) is 10.7. The summed E-state index contributed by atoms with van der Waals surface area (Å²) in [4.78, 5) is 12.5. The van der Waals surface area contributed by atoms with Crippen molar-refractivity contribution in [2.75, 3.05) is 23.7 Å². The molecule has 0 saturated heterocycles. The van der Waals surface area contributed by atoms with Crippen LogP contribution in [-0.4, -0.2) is 33.7 Å². The summed E-state index contributed by atoms with van der Waals surface area (Å²) in [6.45, 7) is 3.12. The molecule has 1 atom stereocenters. The maximum absolute atomic E-state index is 12.5. The number of hydrogen-bond donors (Lipinski definition) is 1. The third-order valence-electron chi connectivity index (χ3n) is 4.87. The molecule has 1 amide bonds. The number of nitrogens with zero attached hydrogens (tertiary/aromatic N) is 1. The smallest absolute Gasteiger partial charge is 0.251 e. The Balaban J connectivity index is 1.70. The molecule has 1 unspecified atom stereocenters. The Bertz CT molecular complexity index is 895. The highest BCUT2D eigenvalue weighted by molar-refractivity contribution is 7.92. The van der Waals surface area contributed by atoms with Crippen LogP contribution in [0.2, 0.25) is 0 Å². The summed E-state index contributed by atoms with van der Waals surface area (Å²) < 4.78 is 25.0. The molecule has 0 bridgehead atoms. The molecule has 1 aliphatic heterocycles. The van der Waals surface area contributed by atoms with Crippen molar-refractivity contribution < 1.29 is 13.2 Å². The fourth-order valence-electron chi connectivity index (χ4n) is 3.40. The van der Waals surface area contributed by atoms with Gasteiger partial charge in [-0.3, -0.25) is 9.10 Å². The molecule has 0 aliphatic carbocycles. The minimum absolute atomic E-state index is 0.125. The van der Waals surface area contributed by atoms with Crippen molar-refractivity contribution in [1.82, 2.24) is 5.32 Å². The quantitative estimate of drug-likeness (QED) is 0.848. The minimum atomic E-state index is -3.27. The van der Waals surface area contributed by atoms with Gasteiger partial charge < -0.3 is 5.32 Å². The summed E-state index contributed by atoms with van der Waals surface area (Å²) in [5.74, 6) is 0.148. The average Bonchev–Trinajstić information content (AvgIpc) is 3.06. The second-order valence-electron chi connectivity index (χ2n) is 6.65. The van der Waals surface area contributed by atoms with Gasteiger partial charge in [-0.25, -0.2) is 8.42 Å². The van der Waals surface area contributed by atoms with E-state index in [1.165, 1.54) is 16.1 Å². The molecule has 3 rings (SSSR count). The van der Waals surface area contributed by atoms with E-state index in [9.17, 15) is 13.2 Å². The molecule has 1 heterocycles. The predicted molar refractivity (Wildman–Crippen MR) is 104 cm³/mol. The molecule has 1 N–H and O–H groups in total. The third-order valence-corrected chi connectivity index (χ3v) is 6.05. The summed E-state index contributed by atoms with van der Waals surface area (Å²) in [6.07, 6.45) is 2.78. The zero-order chi connectivity index (χ0) is 18.7. The normalized spacial score (nSPS) is 14.8. The molecule has 0 saturated carbocycles. The van der Waals surface area contributed by atoms with Gasteiger partial charge in [0.2, 0.25) is 10.0 Å². The average molecular weight is 372 g/mol. The minimum Gasteiger partial charge on any atom is -0.351 e. The Morgan fingerprint density at radius 3 is 2.58 bits per heavy atom. The summed E-state index contributed by atoms with van der Waals surface area (Å²) in [6, 6.07) is 15.4. The van der Waals surface area contributed by atoms with Crippen LogP contribution in [0.25, 0.3) is 0 Å². The van der Waals surface area contributed by atoms with Gasteiger partial charge in [-0.15, -0.1) is 0 Å². The van der Waals surface area contributed by atoms with E-state index in [1.807, 2.05) is 18.2 Å².